The van der Waals surface area contributed by atoms with Crippen LogP contribution in [0.3, 0.4) is 0 Å². The summed E-state index contributed by atoms with van der Waals surface area (Å²) in [5, 5.41) is 0. The minimum absolute atomic E-state index is 0.300. The van der Waals surface area contributed by atoms with Crippen molar-refractivity contribution in [2.45, 2.75) is 11.8 Å². The molecule has 2 atom stereocenters. The molecule has 0 spiro atoms. The number of rotatable bonds is 4. The summed E-state index contributed by atoms with van der Waals surface area (Å²) in [6, 6.07) is 0. The molecule has 2 nitrogen and oxygen atoms in total. The highest BCUT2D eigenvalue weighted by molar-refractivity contribution is 6.12. The third-order valence-corrected chi connectivity index (χ3v) is 2.08. The molecular formula is C6H12O2Si. The number of hydrogen-bond acceptors (Lipinski definition) is 2. The molecule has 0 aliphatic carbocycles. The molecule has 9 heavy (non-hydrogen) atoms. The molecule has 1 fully saturated rings. The lowest BCUT2D eigenvalue weighted by Gasteiger charge is -2.04. The lowest BCUT2D eigenvalue weighted by atomic mass is 10.5. The minimum Gasteiger partial charge on any atom is -0.376 e. The van der Waals surface area contributed by atoms with Crippen LogP contribution in [0, 0.1) is 0 Å². The van der Waals surface area contributed by atoms with Crippen LogP contribution < -0.4 is 0 Å². The van der Waals surface area contributed by atoms with Crippen LogP contribution in [0.25, 0.3) is 0 Å². The highest BCUT2D eigenvalue weighted by Crippen LogP contribution is 2.09. The second-order valence-electron chi connectivity index (χ2n) is 2.23. The minimum atomic E-state index is 0.300. The summed E-state index contributed by atoms with van der Waals surface area (Å²) in [6.45, 7) is 5.26. The van der Waals surface area contributed by atoms with Gasteiger partial charge in [-0.1, -0.05) is 6.08 Å². The Kier molecular flexibility index (Phi) is 2.45. The molecule has 3 heteroatoms. The summed E-state index contributed by atoms with van der Waals surface area (Å²) in [5.74, 6) is 0. The van der Waals surface area contributed by atoms with Gasteiger partial charge in [0, 0.05) is 10.2 Å². The Morgan fingerprint density at radius 1 is 2.00 bits per heavy atom. The maximum Gasteiger partial charge on any atom is 0.104 e. The first-order valence-electron chi connectivity index (χ1n) is 3.18. The Balaban J connectivity index is 1.95. The average molecular weight is 144 g/mol. The van der Waals surface area contributed by atoms with Crippen molar-refractivity contribution in [1.82, 2.24) is 0 Å². The van der Waals surface area contributed by atoms with Gasteiger partial charge < -0.3 is 9.47 Å². The maximum atomic E-state index is 5.33. The van der Waals surface area contributed by atoms with Gasteiger partial charge in [0.25, 0.3) is 0 Å². The predicted octanol–water partition coefficient (Wildman–Crippen LogP) is -0.721. The lowest BCUT2D eigenvalue weighted by molar-refractivity contribution is 0.117. The number of hydrogen-bond donors (Lipinski definition) is 0. The van der Waals surface area contributed by atoms with E-state index in [0.717, 1.165) is 23.5 Å². The zero-order chi connectivity index (χ0) is 6.69. The molecule has 1 aliphatic rings. The van der Waals surface area contributed by atoms with Gasteiger partial charge in [-0.25, -0.2) is 0 Å². The van der Waals surface area contributed by atoms with Gasteiger partial charge in [0.2, 0.25) is 0 Å². The van der Waals surface area contributed by atoms with Crippen molar-refractivity contribution in [3.05, 3.63) is 12.7 Å². The largest absolute Gasteiger partial charge is 0.376 e. The standard InChI is InChI=1S/C6H12O2Si/c1-2-6(9)8-4-5-3-7-5/h2,5-6H,1,3-4H2,9H3. The molecule has 0 amide bonds. The molecule has 0 radical (unpaired) electrons. The molecule has 1 aliphatic heterocycles. The van der Waals surface area contributed by atoms with E-state index in [1.807, 2.05) is 6.08 Å². The molecule has 1 saturated heterocycles. The van der Waals surface area contributed by atoms with E-state index in [-0.39, 0.29) is 0 Å². The normalized spacial score (nSPS) is 27.8. The summed E-state index contributed by atoms with van der Waals surface area (Å²) in [4.78, 5) is 0. The van der Waals surface area contributed by atoms with E-state index in [1.54, 1.807) is 0 Å². The Labute approximate surface area is 58.3 Å². The second-order valence-corrected chi connectivity index (χ2v) is 3.37. The highest BCUT2D eigenvalue weighted by Gasteiger charge is 2.22. The van der Waals surface area contributed by atoms with E-state index in [0.29, 0.717) is 11.8 Å². The maximum absolute atomic E-state index is 5.33. The van der Waals surface area contributed by atoms with Gasteiger partial charge >= 0.3 is 0 Å². The van der Waals surface area contributed by atoms with Gasteiger partial charge in [0.15, 0.2) is 0 Å². The Morgan fingerprint density at radius 3 is 3.11 bits per heavy atom. The second kappa shape index (κ2) is 3.15. The van der Waals surface area contributed by atoms with Gasteiger partial charge in [-0.05, 0) is 0 Å². The van der Waals surface area contributed by atoms with E-state index < -0.39 is 0 Å². The summed E-state index contributed by atoms with van der Waals surface area (Å²) in [6.07, 6.45) is 2.23. The number of epoxide rings is 1. The van der Waals surface area contributed by atoms with Crippen molar-refractivity contribution in [3.63, 3.8) is 0 Å². The third kappa shape index (κ3) is 2.79. The van der Waals surface area contributed by atoms with Crippen LogP contribution in [-0.2, 0) is 9.47 Å². The first-order valence-corrected chi connectivity index (χ1v) is 4.34. The van der Waals surface area contributed by atoms with Crippen LogP contribution in [0.1, 0.15) is 0 Å². The molecular weight excluding hydrogens is 132 g/mol. The van der Waals surface area contributed by atoms with Gasteiger partial charge in [0.05, 0.1) is 18.9 Å². The summed E-state index contributed by atoms with van der Waals surface area (Å²) in [5.41, 5.74) is 0.300. The van der Waals surface area contributed by atoms with E-state index >= 15 is 0 Å². The molecule has 2 unspecified atom stereocenters. The van der Waals surface area contributed by atoms with Gasteiger partial charge in [-0.2, -0.15) is 0 Å². The molecule has 0 bridgehead atoms. The van der Waals surface area contributed by atoms with Crippen LogP contribution in [0.2, 0.25) is 0 Å². The van der Waals surface area contributed by atoms with Crippen LogP contribution >= 0.6 is 0 Å². The van der Waals surface area contributed by atoms with Crippen molar-refractivity contribution in [1.29, 1.82) is 0 Å². The summed E-state index contributed by atoms with van der Waals surface area (Å²) < 4.78 is 10.3. The zero-order valence-electron chi connectivity index (χ0n) is 5.67. The lowest BCUT2D eigenvalue weighted by Crippen LogP contribution is -2.12. The van der Waals surface area contributed by atoms with Crippen molar-refractivity contribution < 1.29 is 9.47 Å². The van der Waals surface area contributed by atoms with Gasteiger partial charge in [-0.3, -0.25) is 0 Å². The molecule has 52 valence electrons. The van der Waals surface area contributed by atoms with Crippen molar-refractivity contribution in [2.75, 3.05) is 13.2 Å². The monoisotopic (exact) mass is 144 g/mol. The molecule has 0 saturated carbocycles. The molecule has 1 rings (SSSR count). The fraction of sp³-hybridized carbons (Fsp3) is 0.667. The van der Waals surface area contributed by atoms with Crippen molar-refractivity contribution >= 4 is 10.2 Å². The molecule has 0 N–H and O–H groups in total. The van der Waals surface area contributed by atoms with E-state index in [2.05, 4.69) is 6.58 Å². The fourth-order valence-corrected chi connectivity index (χ4v) is 0.684. The van der Waals surface area contributed by atoms with Gasteiger partial charge in [0.1, 0.15) is 6.10 Å². The van der Waals surface area contributed by atoms with Crippen LogP contribution in [0.5, 0.6) is 0 Å². The Hall–Kier alpha value is -0.123. The number of ether oxygens (including phenoxy) is 2. The van der Waals surface area contributed by atoms with E-state index in [4.69, 9.17) is 9.47 Å². The third-order valence-electron chi connectivity index (χ3n) is 1.28. The SMILES string of the molecule is C=CC([SiH3])OCC1CO1. The molecule has 1 heterocycles. The Morgan fingerprint density at radius 2 is 2.67 bits per heavy atom. The van der Waals surface area contributed by atoms with Gasteiger partial charge in [-0.15, -0.1) is 6.58 Å². The highest BCUT2D eigenvalue weighted by atomic mass is 28.1. The zero-order valence-corrected chi connectivity index (χ0v) is 7.67. The fourth-order valence-electron chi connectivity index (χ4n) is 0.491. The van der Waals surface area contributed by atoms with Crippen molar-refractivity contribution in [2.24, 2.45) is 0 Å². The van der Waals surface area contributed by atoms with Crippen LogP contribution in [-0.4, -0.2) is 35.3 Å². The molecule has 0 aromatic rings. The average Bonchev–Trinajstić information content (AvgIpc) is 2.65. The van der Waals surface area contributed by atoms with Crippen LogP contribution in [0.15, 0.2) is 12.7 Å². The topological polar surface area (TPSA) is 21.8 Å². The quantitative estimate of drug-likeness (QED) is 0.295. The molecule has 0 aromatic carbocycles. The smallest absolute Gasteiger partial charge is 0.104 e. The predicted molar refractivity (Wildman–Crippen MR) is 39.6 cm³/mol. The van der Waals surface area contributed by atoms with E-state index in [9.17, 15) is 0 Å². The Bertz CT molecular complexity index is 101. The first kappa shape index (κ1) is 6.99. The molecule has 0 aromatic heterocycles. The van der Waals surface area contributed by atoms with E-state index in [1.165, 1.54) is 0 Å². The van der Waals surface area contributed by atoms with Crippen molar-refractivity contribution in [3.8, 4) is 0 Å². The summed E-state index contributed by atoms with van der Waals surface area (Å²) in [7, 11) is 1.03. The summed E-state index contributed by atoms with van der Waals surface area (Å²) >= 11 is 0. The first-order chi connectivity index (χ1) is 4.33. The van der Waals surface area contributed by atoms with Crippen LogP contribution in [0.4, 0.5) is 0 Å².